The minimum atomic E-state index is -0.641. The Morgan fingerprint density at radius 2 is 2.17 bits per heavy atom. The molecule has 0 unspecified atom stereocenters. The molecule has 1 aromatic rings. The van der Waals surface area contributed by atoms with Gasteiger partial charge in [-0.1, -0.05) is 6.07 Å². The van der Waals surface area contributed by atoms with Crippen LogP contribution in [0.5, 0.6) is 0 Å². The summed E-state index contributed by atoms with van der Waals surface area (Å²) in [6.07, 6.45) is 1.37. The Hall–Kier alpha value is -1.66. The Balaban J connectivity index is 1.70. The van der Waals surface area contributed by atoms with Crippen LogP contribution >= 0.6 is 0 Å². The van der Waals surface area contributed by atoms with Gasteiger partial charge in [0.05, 0.1) is 31.3 Å². The van der Waals surface area contributed by atoms with Crippen molar-refractivity contribution in [2.75, 3.05) is 37.8 Å². The van der Waals surface area contributed by atoms with Crippen molar-refractivity contribution in [1.29, 1.82) is 0 Å². The van der Waals surface area contributed by atoms with Gasteiger partial charge in [-0.3, -0.25) is 4.79 Å². The third-order valence-electron chi connectivity index (χ3n) is 4.51. The van der Waals surface area contributed by atoms with Gasteiger partial charge in [0.15, 0.2) is 0 Å². The van der Waals surface area contributed by atoms with Crippen LogP contribution in [0, 0.1) is 5.82 Å². The van der Waals surface area contributed by atoms with E-state index in [1.165, 1.54) is 6.07 Å². The van der Waals surface area contributed by atoms with Crippen LogP contribution in [-0.4, -0.2) is 45.0 Å². The number of halogens is 1. The standard InChI is InChI=1S/C18H24FNO4/c1-13(24-17(21)12-14-4-3-9-23-14)18-15(19)5-2-6-16(18)20-7-10-22-11-8-20/h2,5-6,13-14H,3-4,7-12H2,1H3/t13-,14-/m1/s1. The van der Waals surface area contributed by atoms with Crippen LogP contribution < -0.4 is 4.90 Å². The summed E-state index contributed by atoms with van der Waals surface area (Å²) in [4.78, 5) is 14.2. The number of hydrogen-bond acceptors (Lipinski definition) is 5. The smallest absolute Gasteiger partial charge is 0.309 e. The van der Waals surface area contributed by atoms with Crippen LogP contribution in [0.3, 0.4) is 0 Å². The summed E-state index contributed by atoms with van der Waals surface area (Å²) in [5.41, 5.74) is 1.20. The first kappa shape index (κ1) is 17.2. The summed E-state index contributed by atoms with van der Waals surface area (Å²) in [6.45, 7) is 5.05. The second kappa shape index (κ2) is 7.94. The summed E-state index contributed by atoms with van der Waals surface area (Å²) in [6, 6.07) is 4.96. The molecule has 5 nitrogen and oxygen atoms in total. The highest BCUT2D eigenvalue weighted by atomic mass is 19.1. The van der Waals surface area contributed by atoms with Gasteiger partial charge in [0, 0.05) is 25.4 Å². The zero-order chi connectivity index (χ0) is 16.9. The van der Waals surface area contributed by atoms with Gasteiger partial charge in [0.1, 0.15) is 11.9 Å². The van der Waals surface area contributed by atoms with Gasteiger partial charge >= 0.3 is 5.97 Å². The molecule has 0 aliphatic carbocycles. The fourth-order valence-corrected chi connectivity index (χ4v) is 3.30. The van der Waals surface area contributed by atoms with Crippen molar-refractivity contribution >= 4 is 11.7 Å². The number of esters is 1. The molecule has 0 radical (unpaired) electrons. The maximum absolute atomic E-state index is 14.4. The number of hydrogen-bond donors (Lipinski definition) is 0. The van der Waals surface area contributed by atoms with Gasteiger partial charge in [0.25, 0.3) is 0 Å². The molecule has 0 aromatic heterocycles. The first-order valence-corrected chi connectivity index (χ1v) is 8.57. The summed E-state index contributed by atoms with van der Waals surface area (Å²) in [5, 5.41) is 0. The first-order chi connectivity index (χ1) is 11.6. The monoisotopic (exact) mass is 337 g/mol. The Morgan fingerprint density at radius 1 is 1.38 bits per heavy atom. The maximum atomic E-state index is 14.4. The third kappa shape index (κ3) is 4.05. The Kier molecular flexibility index (Phi) is 5.68. The van der Waals surface area contributed by atoms with E-state index in [9.17, 15) is 9.18 Å². The predicted molar refractivity (Wildman–Crippen MR) is 87.5 cm³/mol. The van der Waals surface area contributed by atoms with Crippen LogP contribution in [-0.2, 0) is 19.0 Å². The lowest BCUT2D eigenvalue weighted by molar-refractivity contribution is -0.151. The predicted octanol–water partition coefficient (Wildman–Crippen LogP) is 2.84. The van der Waals surface area contributed by atoms with Gasteiger partial charge in [0.2, 0.25) is 0 Å². The highest BCUT2D eigenvalue weighted by Crippen LogP contribution is 2.32. The third-order valence-corrected chi connectivity index (χ3v) is 4.51. The fraction of sp³-hybridized carbons (Fsp3) is 0.611. The summed E-state index contributed by atoms with van der Waals surface area (Å²) >= 11 is 0. The Bertz CT molecular complexity index is 568. The molecule has 132 valence electrons. The van der Waals surface area contributed by atoms with Crippen molar-refractivity contribution < 1.29 is 23.4 Å². The maximum Gasteiger partial charge on any atom is 0.309 e. The molecule has 0 spiro atoms. The van der Waals surface area contributed by atoms with E-state index >= 15 is 0 Å². The summed E-state index contributed by atoms with van der Waals surface area (Å²) < 4.78 is 30.7. The van der Waals surface area contributed by atoms with Crippen LogP contribution in [0.4, 0.5) is 10.1 Å². The number of rotatable bonds is 5. The number of carbonyl (C=O) groups is 1. The van der Waals surface area contributed by atoms with Gasteiger partial charge in [-0.15, -0.1) is 0 Å². The molecule has 2 saturated heterocycles. The van der Waals surface area contributed by atoms with E-state index < -0.39 is 6.10 Å². The van der Waals surface area contributed by atoms with Gasteiger partial charge in [-0.25, -0.2) is 4.39 Å². The Morgan fingerprint density at radius 3 is 2.88 bits per heavy atom. The van der Waals surface area contributed by atoms with E-state index in [1.54, 1.807) is 13.0 Å². The lowest BCUT2D eigenvalue weighted by Gasteiger charge is -2.32. The topological polar surface area (TPSA) is 48.0 Å². The first-order valence-electron chi connectivity index (χ1n) is 8.57. The summed E-state index contributed by atoms with van der Waals surface area (Å²) in [5.74, 6) is -0.693. The van der Waals surface area contributed by atoms with E-state index in [0.29, 0.717) is 38.5 Å². The van der Waals surface area contributed by atoms with Crippen LogP contribution in [0.2, 0.25) is 0 Å². The second-order valence-electron chi connectivity index (χ2n) is 6.24. The molecule has 2 heterocycles. The second-order valence-corrected chi connectivity index (χ2v) is 6.24. The average Bonchev–Trinajstić information content (AvgIpc) is 3.08. The SMILES string of the molecule is C[C@@H](OC(=O)C[C@H]1CCCO1)c1c(F)cccc1N1CCOCC1. The highest BCUT2D eigenvalue weighted by molar-refractivity contribution is 5.71. The molecule has 0 saturated carbocycles. The largest absolute Gasteiger partial charge is 0.458 e. The number of carbonyl (C=O) groups excluding carboxylic acids is 1. The molecule has 24 heavy (non-hydrogen) atoms. The van der Waals surface area contributed by atoms with Gasteiger partial charge in [-0.2, -0.15) is 0 Å². The highest BCUT2D eigenvalue weighted by Gasteiger charge is 2.26. The molecule has 6 heteroatoms. The molecule has 0 bridgehead atoms. The van der Waals surface area contributed by atoms with Crippen LogP contribution in [0.25, 0.3) is 0 Å². The number of morpholine rings is 1. The molecule has 2 fully saturated rings. The quantitative estimate of drug-likeness (QED) is 0.773. The zero-order valence-electron chi connectivity index (χ0n) is 14.0. The molecule has 2 atom stereocenters. The van der Waals surface area contributed by atoms with Crippen molar-refractivity contribution in [2.24, 2.45) is 0 Å². The van der Waals surface area contributed by atoms with Crippen molar-refractivity contribution in [3.8, 4) is 0 Å². The lowest BCUT2D eigenvalue weighted by Crippen LogP contribution is -2.37. The number of anilines is 1. The minimum Gasteiger partial charge on any atom is -0.458 e. The number of benzene rings is 1. The molecule has 3 rings (SSSR count). The van der Waals surface area contributed by atoms with Gasteiger partial charge < -0.3 is 19.1 Å². The lowest BCUT2D eigenvalue weighted by atomic mass is 10.1. The van der Waals surface area contributed by atoms with E-state index in [4.69, 9.17) is 14.2 Å². The van der Waals surface area contributed by atoms with Crippen molar-refractivity contribution in [3.63, 3.8) is 0 Å². The van der Waals surface area contributed by atoms with Crippen molar-refractivity contribution in [1.82, 2.24) is 0 Å². The van der Waals surface area contributed by atoms with Crippen molar-refractivity contribution in [3.05, 3.63) is 29.6 Å². The zero-order valence-corrected chi connectivity index (χ0v) is 14.0. The molecule has 1 aromatic carbocycles. The van der Waals surface area contributed by atoms with E-state index in [1.807, 2.05) is 6.07 Å². The molecule has 0 amide bonds. The van der Waals surface area contributed by atoms with E-state index in [-0.39, 0.29) is 24.3 Å². The average molecular weight is 337 g/mol. The Labute approximate surface area is 141 Å². The van der Waals surface area contributed by atoms with E-state index in [2.05, 4.69) is 4.90 Å². The van der Waals surface area contributed by atoms with Crippen LogP contribution in [0.1, 0.15) is 37.9 Å². The molecular weight excluding hydrogens is 313 g/mol. The van der Waals surface area contributed by atoms with Crippen LogP contribution in [0.15, 0.2) is 18.2 Å². The number of nitrogens with zero attached hydrogens (tertiary/aromatic N) is 1. The fourth-order valence-electron chi connectivity index (χ4n) is 3.30. The number of ether oxygens (including phenoxy) is 3. The van der Waals surface area contributed by atoms with E-state index in [0.717, 1.165) is 18.5 Å². The molecule has 2 aliphatic heterocycles. The molecular formula is C18H24FNO4. The summed E-state index contributed by atoms with van der Waals surface area (Å²) in [7, 11) is 0. The minimum absolute atomic E-state index is 0.0657. The molecule has 2 aliphatic rings. The normalized spacial score (nSPS) is 22.4. The molecule has 0 N–H and O–H groups in total. The van der Waals surface area contributed by atoms with Gasteiger partial charge in [-0.05, 0) is 31.9 Å². The van der Waals surface area contributed by atoms with Crippen molar-refractivity contribution in [2.45, 2.75) is 38.4 Å².